The molecule has 0 aromatic heterocycles. The van der Waals surface area contributed by atoms with Gasteiger partial charge in [0.2, 0.25) is 0 Å². The Morgan fingerprint density at radius 3 is 2.17 bits per heavy atom. The predicted molar refractivity (Wildman–Crippen MR) is 122 cm³/mol. The van der Waals surface area contributed by atoms with Crippen molar-refractivity contribution in [3.8, 4) is 11.8 Å². The molecule has 0 saturated heterocycles. The van der Waals surface area contributed by atoms with Crippen LogP contribution >= 0.6 is 58.0 Å². The molecule has 0 aliphatic heterocycles. The van der Waals surface area contributed by atoms with Gasteiger partial charge in [0, 0.05) is 21.2 Å². The first kappa shape index (κ1) is 21.8. The Hall–Kier alpha value is -1.86. The van der Waals surface area contributed by atoms with Crippen molar-refractivity contribution in [2.45, 2.75) is 6.61 Å². The fourth-order valence-corrected chi connectivity index (χ4v) is 3.92. The first-order valence-electron chi connectivity index (χ1n) is 8.31. The second-order valence-electron chi connectivity index (χ2n) is 5.99. The summed E-state index contributed by atoms with van der Waals surface area (Å²) in [5, 5.41) is 11.6. The summed E-state index contributed by atoms with van der Waals surface area (Å²) in [6.45, 7) is 0.220. The van der Waals surface area contributed by atoms with Crippen LogP contribution in [0.4, 0.5) is 0 Å². The highest BCUT2D eigenvalue weighted by molar-refractivity contribution is 6.38. The largest absolute Gasteiger partial charge is 0.486 e. The topological polar surface area (TPSA) is 33.0 Å². The van der Waals surface area contributed by atoms with Crippen molar-refractivity contribution in [1.82, 2.24) is 0 Å². The van der Waals surface area contributed by atoms with E-state index in [0.717, 1.165) is 5.56 Å². The highest BCUT2D eigenvalue weighted by atomic mass is 35.5. The molecule has 3 rings (SSSR count). The molecule has 0 bridgehead atoms. The van der Waals surface area contributed by atoms with Crippen LogP contribution in [0.3, 0.4) is 0 Å². The van der Waals surface area contributed by atoms with Gasteiger partial charge < -0.3 is 4.74 Å². The van der Waals surface area contributed by atoms with E-state index < -0.39 is 0 Å². The number of nitriles is 1. The smallest absolute Gasteiger partial charge is 0.157 e. The van der Waals surface area contributed by atoms with Gasteiger partial charge in [0.15, 0.2) is 5.75 Å². The molecule has 0 aliphatic carbocycles. The van der Waals surface area contributed by atoms with Gasteiger partial charge in [-0.25, -0.2) is 0 Å². The number of ether oxygens (including phenoxy) is 1. The summed E-state index contributed by atoms with van der Waals surface area (Å²) in [7, 11) is 0. The lowest BCUT2D eigenvalue weighted by Crippen LogP contribution is -1.97. The highest BCUT2D eigenvalue weighted by Crippen LogP contribution is 2.37. The zero-order chi connectivity index (χ0) is 21.0. The monoisotopic (exact) mass is 481 g/mol. The van der Waals surface area contributed by atoms with E-state index >= 15 is 0 Å². The SMILES string of the molecule is N#C/C(=C\c1cc(Cl)c(OCc2ccccc2Cl)c(Cl)c1)c1ccc(Cl)cc1Cl. The Balaban J connectivity index is 1.89. The Morgan fingerprint density at radius 1 is 0.862 bits per heavy atom. The van der Waals surface area contributed by atoms with Crippen LogP contribution in [-0.2, 0) is 6.61 Å². The van der Waals surface area contributed by atoms with Crippen molar-refractivity contribution in [2.75, 3.05) is 0 Å². The third kappa shape index (κ3) is 5.39. The quantitative estimate of drug-likeness (QED) is 0.269. The molecule has 0 unspecified atom stereocenters. The number of hydrogen-bond donors (Lipinski definition) is 0. The Morgan fingerprint density at radius 2 is 1.55 bits per heavy atom. The number of benzene rings is 3. The Bertz CT molecular complexity index is 1110. The van der Waals surface area contributed by atoms with Crippen LogP contribution < -0.4 is 4.74 Å². The second-order valence-corrected chi connectivity index (χ2v) is 8.05. The molecule has 7 heteroatoms. The van der Waals surface area contributed by atoms with Crippen LogP contribution in [0.1, 0.15) is 16.7 Å². The summed E-state index contributed by atoms with van der Waals surface area (Å²) in [6.07, 6.45) is 1.64. The van der Waals surface area contributed by atoms with Gasteiger partial charge >= 0.3 is 0 Å². The standard InChI is InChI=1S/C22H12Cl5NO/c23-16-5-6-17(19(25)10-16)15(11-28)7-13-8-20(26)22(21(27)9-13)29-12-14-3-1-2-4-18(14)24/h1-10H,12H2/b15-7+. The molecule has 0 atom stereocenters. The van der Waals surface area contributed by atoms with Gasteiger partial charge in [-0.1, -0.05) is 82.3 Å². The molecule has 0 fully saturated rings. The molecule has 0 radical (unpaired) electrons. The fourth-order valence-electron chi connectivity index (χ4n) is 2.61. The third-order valence-corrected chi connectivity index (χ3v) is 5.48. The molecule has 146 valence electrons. The maximum Gasteiger partial charge on any atom is 0.157 e. The van der Waals surface area contributed by atoms with Crippen LogP contribution in [0, 0.1) is 11.3 Å². The maximum atomic E-state index is 9.55. The molecule has 0 saturated carbocycles. The molecule has 29 heavy (non-hydrogen) atoms. The minimum atomic E-state index is 0.220. The fraction of sp³-hybridized carbons (Fsp3) is 0.0455. The zero-order valence-electron chi connectivity index (χ0n) is 14.7. The minimum absolute atomic E-state index is 0.220. The van der Waals surface area contributed by atoms with Gasteiger partial charge in [-0.05, 0) is 42.0 Å². The van der Waals surface area contributed by atoms with Crippen molar-refractivity contribution in [3.05, 3.63) is 96.4 Å². The summed E-state index contributed by atoms with van der Waals surface area (Å²) >= 11 is 31.0. The second kappa shape index (κ2) is 9.76. The average Bonchev–Trinajstić information content (AvgIpc) is 2.67. The van der Waals surface area contributed by atoms with Gasteiger partial charge in [-0.3, -0.25) is 0 Å². The summed E-state index contributed by atoms with van der Waals surface area (Å²) < 4.78 is 5.77. The van der Waals surface area contributed by atoms with Gasteiger partial charge in [0.25, 0.3) is 0 Å². The number of allylic oxidation sites excluding steroid dienone is 1. The molecule has 0 amide bonds. The average molecular weight is 484 g/mol. The van der Waals surface area contributed by atoms with Crippen LogP contribution in [0.25, 0.3) is 11.6 Å². The molecule has 0 heterocycles. The summed E-state index contributed by atoms with van der Waals surface area (Å²) in [4.78, 5) is 0. The molecular weight excluding hydrogens is 472 g/mol. The van der Waals surface area contributed by atoms with Crippen molar-refractivity contribution in [2.24, 2.45) is 0 Å². The summed E-state index contributed by atoms with van der Waals surface area (Å²) in [6, 6.07) is 17.7. The van der Waals surface area contributed by atoms with E-state index in [1.807, 2.05) is 18.2 Å². The van der Waals surface area contributed by atoms with E-state index in [2.05, 4.69) is 6.07 Å². The minimum Gasteiger partial charge on any atom is -0.486 e. The van der Waals surface area contributed by atoms with Crippen LogP contribution in [0.5, 0.6) is 5.75 Å². The van der Waals surface area contributed by atoms with E-state index in [9.17, 15) is 5.26 Å². The van der Waals surface area contributed by atoms with Crippen molar-refractivity contribution < 1.29 is 4.74 Å². The van der Waals surface area contributed by atoms with E-state index in [1.54, 1.807) is 42.5 Å². The van der Waals surface area contributed by atoms with Gasteiger partial charge in [-0.2, -0.15) is 5.26 Å². The molecule has 3 aromatic carbocycles. The first-order chi connectivity index (χ1) is 13.9. The lowest BCUT2D eigenvalue weighted by molar-refractivity contribution is 0.306. The number of rotatable bonds is 5. The number of nitrogens with zero attached hydrogens (tertiary/aromatic N) is 1. The molecule has 0 N–H and O–H groups in total. The van der Waals surface area contributed by atoms with Crippen LogP contribution in [0.2, 0.25) is 25.1 Å². The Labute approximate surface area is 193 Å². The molecule has 0 aliphatic rings. The van der Waals surface area contributed by atoms with Crippen molar-refractivity contribution in [1.29, 1.82) is 5.26 Å². The van der Waals surface area contributed by atoms with Crippen molar-refractivity contribution in [3.63, 3.8) is 0 Å². The number of halogens is 5. The maximum absolute atomic E-state index is 9.55. The van der Waals surface area contributed by atoms with Crippen LogP contribution in [-0.4, -0.2) is 0 Å². The predicted octanol–water partition coefficient (Wildman–Crippen LogP) is 8.60. The van der Waals surface area contributed by atoms with Crippen molar-refractivity contribution >= 4 is 69.7 Å². The van der Waals surface area contributed by atoms with E-state index in [-0.39, 0.29) is 6.61 Å². The van der Waals surface area contributed by atoms with Gasteiger partial charge in [0.05, 0.1) is 26.7 Å². The molecule has 2 nitrogen and oxygen atoms in total. The molecular formula is C22H12Cl5NO. The highest BCUT2D eigenvalue weighted by Gasteiger charge is 2.12. The van der Waals surface area contributed by atoms with E-state index in [1.165, 1.54) is 0 Å². The number of hydrogen-bond acceptors (Lipinski definition) is 2. The zero-order valence-corrected chi connectivity index (χ0v) is 18.5. The summed E-state index contributed by atoms with van der Waals surface area (Å²) in [5.74, 6) is 0.341. The lowest BCUT2D eigenvalue weighted by Gasteiger charge is -2.12. The van der Waals surface area contributed by atoms with Gasteiger partial charge in [-0.15, -0.1) is 0 Å². The first-order valence-corrected chi connectivity index (χ1v) is 10.2. The Kier molecular flexibility index (Phi) is 7.35. The normalized spacial score (nSPS) is 11.2. The summed E-state index contributed by atoms with van der Waals surface area (Å²) in [5.41, 5.74) is 2.36. The molecule has 0 spiro atoms. The molecule has 3 aromatic rings. The van der Waals surface area contributed by atoms with E-state index in [0.29, 0.717) is 47.6 Å². The van der Waals surface area contributed by atoms with E-state index in [4.69, 9.17) is 62.7 Å². The van der Waals surface area contributed by atoms with Crippen LogP contribution in [0.15, 0.2) is 54.6 Å². The third-order valence-electron chi connectivity index (χ3n) is 4.00. The van der Waals surface area contributed by atoms with Gasteiger partial charge in [0.1, 0.15) is 6.61 Å². The lowest BCUT2D eigenvalue weighted by atomic mass is 10.0.